The van der Waals surface area contributed by atoms with Crippen LogP contribution in [0.15, 0.2) is 58.3 Å². The highest BCUT2D eigenvalue weighted by Crippen LogP contribution is 2.21. The largest absolute Gasteiger partial charge is 0.340 e. The summed E-state index contributed by atoms with van der Waals surface area (Å²) in [6, 6.07) is 12.0. The molecule has 0 spiro atoms. The molecular formula is C18H20ClN3O5S2. The van der Waals surface area contributed by atoms with E-state index in [4.69, 9.17) is 16.7 Å². The molecule has 0 aliphatic carbocycles. The lowest BCUT2D eigenvalue weighted by Gasteiger charge is -2.34. The van der Waals surface area contributed by atoms with Gasteiger partial charge in [0.15, 0.2) is 0 Å². The van der Waals surface area contributed by atoms with Crippen LogP contribution in [0.25, 0.3) is 0 Å². The maximum atomic E-state index is 12.8. The van der Waals surface area contributed by atoms with Crippen molar-refractivity contribution < 1.29 is 21.6 Å². The number of amides is 1. The third-order valence-electron chi connectivity index (χ3n) is 4.66. The van der Waals surface area contributed by atoms with E-state index in [0.717, 1.165) is 6.07 Å². The van der Waals surface area contributed by atoms with Gasteiger partial charge in [0, 0.05) is 31.2 Å². The van der Waals surface area contributed by atoms with Crippen molar-refractivity contribution >= 4 is 37.6 Å². The molecule has 2 N–H and O–H groups in total. The van der Waals surface area contributed by atoms with E-state index in [2.05, 4.69) is 0 Å². The predicted molar refractivity (Wildman–Crippen MR) is 108 cm³/mol. The van der Waals surface area contributed by atoms with Crippen LogP contribution < -0.4 is 5.14 Å². The Morgan fingerprint density at radius 1 is 0.931 bits per heavy atom. The van der Waals surface area contributed by atoms with Gasteiger partial charge in [0.1, 0.15) is 0 Å². The summed E-state index contributed by atoms with van der Waals surface area (Å²) in [5, 5.41) is 5.59. The van der Waals surface area contributed by atoms with Gasteiger partial charge in [0.2, 0.25) is 26.0 Å². The Morgan fingerprint density at radius 3 is 2.17 bits per heavy atom. The second-order valence-electron chi connectivity index (χ2n) is 6.57. The van der Waals surface area contributed by atoms with Crippen molar-refractivity contribution in [2.24, 2.45) is 5.14 Å². The zero-order valence-electron chi connectivity index (χ0n) is 15.4. The maximum absolute atomic E-state index is 12.8. The van der Waals surface area contributed by atoms with Gasteiger partial charge in [-0.25, -0.2) is 22.0 Å². The number of nitrogens with zero attached hydrogens (tertiary/aromatic N) is 2. The molecular weight excluding hydrogens is 438 g/mol. The van der Waals surface area contributed by atoms with Crippen LogP contribution in [0.3, 0.4) is 0 Å². The molecule has 29 heavy (non-hydrogen) atoms. The third kappa shape index (κ3) is 4.96. The van der Waals surface area contributed by atoms with E-state index in [1.54, 1.807) is 29.2 Å². The first kappa shape index (κ1) is 21.7. The molecule has 11 heteroatoms. The average molecular weight is 458 g/mol. The normalized spacial score (nSPS) is 16.0. The minimum absolute atomic E-state index is 0.107. The monoisotopic (exact) mass is 457 g/mol. The second kappa shape index (κ2) is 8.41. The number of hydrogen-bond acceptors (Lipinski definition) is 5. The topological polar surface area (TPSA) is 118 Å². The Kier molecular flexibility index (Phi) is 6.30. The van der Waals surface area contributed by atoms with E-state index in [-0.39, 0.29) is 48.3 Å². The van der Waals surface area contributed by atoms with Gasteiger partial charge in [-0.3, -0.25) is 4.79 Å². The zero-order valence-corrected chi connectivity index (χ0v) is 17.8. The molecule has 0 radical (unpaired) electrons. The van der Waals surface area contributed by atoms with E-state index in [1.807, 2.05) is 0 Å². The fourth-order valence-corrected chi connectivity index (χ4v) is 5.36. The molecule has 2 aromatic rings. The number of rotatable bonds is 5. The van der Waals surface area contributed by atoms with Gasteiger partial charge in [-0.05, 0) is 29.8 Å². The molecule has 3 rings (SSSR count). The molecule has 1 saturated heterocycles. The number of carbonyl (C=O) groups is 1. The van der Waals surface area contributed by atoms with Crippen molar-refractivity contribution in [2.75, 3.05) is 26.2 Å². The number of primary sulfonamides is 1. The summed E-state index contributed by atoms with van der Waals surface area (Å²) < 4.78 is 49.9. The van der Waals surface area contributed by atoms with Gasteiger partial charge in [0.25, 0.3) is 0 Å². The molecule has 0 atom stereocenters. The number of piperazine rings is 1. The van der Waals surface area contributed by atoms with Crippen LogP contribution in [-0.2, 0) is 31.3 Å². The van der Waals surface area contributed by atoms with Crippen LogP contribution in [0.1, 0.15) is 5.56 Å². The summed E-state index contributed by atoms with van der Waals surface area (Å²) in [5.41, 5.74) is 0.717. The Bertz CT molecular complexity index is 1130. The molecule has 0 saturated carbocycles. The number of carbonyl (C=O) groups excluding carboxylic acids is 1. The predicted octanol–water partition coefficient (Wildman–Crippen LogP) is 1.06. The number of sulfonamides is 2. The lowest BCUT2D eigenvalue weighted by atomic mass is 10.1. The van der Waals surface area contributed by atoms with Crippen molar-refractivity contribution in [3.05, 3.63) is 59.1 Å². The van der Waals surface area contributed by atoms with Crippen LogP contribution in [0.4, 0.5) is 0 Å². The van der Waals surface area contributed by atoms with Gasteiger partial charge in [0.05, 0.1) is 16.2 Å². The van der Waals surface area contributed by atoms with Crippen molar-refractivity contribution in [1.29, 1.82) is 0 Å². The highest BCUT2D eigenvalue weighted by Gasteiger charge is 2.30. The van der Waals surface area contributed by atoms with Crippen LogP contribution in [0.2, 0.25) is 5.02 Å². The Balaban J connectivity index is 1.68. The SMILES string of the molecule is NS(=O)(=O)c1cccc(S(=O)(=O)N2CCN(C(=O)Cc3ccccc3Cl)CC2)c1. The fourth-order valence-electron chi connectivity index (χ4n) is 3.06. The quantitative estimate of drug-likeness (QED) is 0.720. The molecule has 1 amide bonds. The van der Waals surface area contributed by atoms with Gasteiger partial charge >= 0.3 is 0 Å². The zero-order chi connectivity index (χ0) is 21.2. The number of benzene rings is 2. The molecule has 156 valence electrons. The number of hydrogen-bond donors (Lipinski definition) is 1. The Morgan fingerprint density at radius 2 is 1.55 bits per heavy atom. The van der Waals surface area contributed by atoms with Crippen molar-refractivity contribution in [3.63, 3.8) is 0 Å². The summed E-state index contributed by atoms with van der Waals surface area (Å²) in [4.78, 5) is 13.7. The molecule has 0 aromatic heterocycles. The van der Waals surface area contributed by atoms with Crippen molar-refractivity contribution in [1.82, 2.24) is 9.21 Å². The minimum atomic E-state index is -4.02. The van der Waals surface area contributed by atoms with Gasteiger partial charge in [-0.2, -0.15) is 4.31 Å². The van der Waals surface area contributed by atoms with Crippen LogP contribution >= 0.6 is 11.6 Å². The summed E-state index contributed by atoms with van der Waals surface area (Å²) in [6.07, 6.45) is 0.142. The molecule has 0 bridgehead atoms. The summed E-state index contributed by atoms with van der Waals surface area (Å²) in [6.45, 7) is 0.682. The third-order valence-corrected chi connectivity index (χ3v) is 7.84. The second-order valence-corrected chi connectivity index (χ2v) is 10.5. The first-order valence-electron chi connectivity index (χ1n) is 8.73. The van der Waals surface area contributed by atoms with Crippen molar-refractivity contribution in [3.8, 4) is 0 Å². The lowest BCUT2D eigenvalue weighted by Crippen LogP contribution is -2.50. The highest BCUT2D eigenvalue weighted by atomic mass is 35.5. The van der Waals surface area contributed by atoms with E-state index < -0.39 is 20.0 Å². The first-order valence-corrected chi connectivity index (χ1v) is 12.1. The Hall–Kier alpha value is -1.98. The highest BCUT2D eigenvalue weighted by molar-refractivity contribution is 7.90. The smallest absolute Gasteiger partial charge is 0.243 e. The number of nitrogens with two attached hydrogens (primary N) is 1. The van der Waals surface area contributed by atoms with E-state index in [0.29, 0.717) is 10.6 Å². The average Bonchev–Trinajstić information content (AvgIpc) is 2.69. The maximum Gasteiger partial charge on any atom is 0.243 e. The van der Waals surface area contributed by atoms with Gasteiger partial charge < -0.3 is 4.90 Å². The summed E-state index contributed by atoms with van der Waals surface area (Å²) >= 11 is 6.09. The summed E-state index contributed by atoms with van der Waals surface area (Å²) in [5.74, 6) is -0.133. The van der Waals surface area contributed by atoms with Gasteiger partial charge in [-0.15, -0.1) is 0 Å². The molecule has 1 aliphatic heterocycles. The number of halogens is 1. The molecule has 1 heterocycles. The fraction of sp³-hybridized carbons (Fsp3) is 0.278. The summed E-state index contributed by atoms with van der Waals surface area (Å²) in [7, 11) is -7.92. The van der Waals surface area contributed by atoms with Crippen LogP contribution in [-0.4, -0.2) is 58.1 Å². The van der Waals surface area contributed by atoms with Crippen molar-refractivity contribution in [2.45, 2.75) is 16.2 Å². The standard InChI is InChI=1S/C18H20ClN3O5S2/c19-17-7-2-1-4-14(17)12-18(23)21-8-10-22(11-9-21)29(26,27)16-6-3-5-15(13-16)28(20,24)25/h1-7,13H,8-12H2,(H2,20,24,25). The molecule has 8 nitrogen and oxygen atoms in total. The lowest BCUT2D eigenvalue weighted by molar-refractivity contribution is -0.131. The molecule has 2 aromatic carbocycles. The van der Waals surface area contributed by atoms with Crippen LogP contribution in [0.5, 0.6) is 0 Å². The molecule has 1 fully saturated rings. The molecule has 0 unspecified atom stereocenters. The van der Waals surface area contributed by atoms with E-state index >= 15 is 0 Å². The van der Waals surface area contributed by atoms with E-state index in [1.165, 1.54) is 22.5 Å². The Labute approximate surface area is 175 Å². The first-order chi connectivity index (χ1) is 13.6. The van der Waals surface area contributed by atoms with E-state index in [9.17, 15) is 21.6 Å². The van der Waals surface area contributed by atoms with Gasteiger partial charge in [-0.1, -0.05) is 35.9 Å². The van der Waals surface area contributed by atoms with Crippen LogP contribution in [0, 0.1) is 0 Å². The minimum Gasteiger partial charge on any atom is -0.340 e. The molecule has 1 aliphatic rings.